The first-order valence-electron chi connectivity index (χ1n) is 6.31. The maximum absolute atomic E-state index is 9.01. The minimum atomic E-state index is 0.144. The molecule has 1 aliphatic heterocycles. The Morgan fingerprint density at radius 2 is 1.69 bits per heavy atom. The zero-order valence-corrected chi connectivity index (χ0v) is 9.60. The first kappa shape index (κ1) is 10.2. The summed E-state index contributed by atoms with van der Waals surface area (Å²) >= 11 is 0. The molecule has 0 amide bonds. The molecule has 1 saturated heterocycles. The van der Waals surface area contributed by atoms with Crippen molar-refractivity contribution in [1.82, 2.24) is 0 Å². The van der Waals surface area contributed by atoms with Gasteiger partial charge in [0.25, 0.3) is 0 Å². The number of hydrogen-bond acceptors (Lipinski definition) is 2. The third-order valence-corrected chi connectivity index (χ3v) is 4.21. The van der Waals surface area contributed by atoms with Crippen molar-refractivity contribution in [3.05, 3.63) is 29.8 Å². The SMILES string of the molecule is OCc1ccc(N2CC3CCCC3C2)cc1. The van der Waals surface area contributed by atoms with Crippen molar-refractivity contribution >= 4 is 5.69 Å². The molecule has 1 saturated carbocycles. The fourth-order valence-corrected chi connectivity index (χ4v) is 3.26. The zero-order valence-electron chi connectivity index (χ0n) is 9.60. The maximum Gasteiger partial charge on any atom is 0.0681 e. The number of hydrogen-bond donors (Lipinski definition) is 1. The summed E-state index contributed by atoms with van der Waals surface area (Å²) < 4.78 is 0. The Labute approximate surface area is 96.9 Å². The number of benzene rings is 1. The lowest BCUT2D eigenvalue weighted by Crippen LogP contribution is -2.20. The normalized spacial score (nSPS) is 28.4. The Morgan fingerprint density at radius 3 is 2.25 bits per heavy atom. The molecule has 16 heavy (non-hydrogen) atoms. The highest BCUT2D eigenvalue weighted by Crippen LogP contribution is 2.39. The van der Waals surface area contributed by atoms with Crippen LogP contribution < -0.4 is 4.90 Å². The van der Waals surface area contributed by atoms with Crippen LogP contribution in [-0.2, 0) is 6.61 Å². The quantitative estimate of drug-likeness (QED) is 0.822. The molecule has 2 fully saturated rings. The van der Waals surface area contributed by atoms with E-state index in [4.69, 9.17) is 5.11 Å². The van der Waals surface area contributed by atoms with Crippen molar-refractivity contribution in [3.63, 3.8) is 0 Å². The highest BCUT2D eigenvalue weighted by atomic mass is 16.3. The van der Waals surface area contributed by atoms with E-state index in [2.05, 4.69) is 17.0 Å². The zero-order chi connectivity index (χ0) is 11.0. The van der Waals surface area contributed by atoms with Crippen LogP contribution in [0.3, 0.4) is 0 Å². The Balaban J connectivity index is 1.73. The summed E-state index contributed by atoms with van der Waals surface area (Å²) in [7, 11) is 0. The smallest absolute Gasteiger partial charge is 0.0681 e. The minimum Gasteiger partial charge on any atom is -0.392 e. The molecule has 2 aliphatic rings. The number of anilines is 1. The van der Waals surface area contributed by atoms with Gasteiger partial charge >= 0.3 is 0 Å². The van der Waals surface area contributed by atoms with E-state index in [0.29, 0.717) is 0 Å². The number of nitrogens with zero attached hydrogens (tertiary/aromatic N) is 1. The van der Waals surface area contributed by atoms with E-state index < -0.39 is 0 Å². The van der Waals surface area contributed by atoms with E-state index in [9.17, 15) is 0 Å². The lowest BCUT2D eigenvalue weighted by molar-refractivity contribution is 0.282. The molecule has 2 unspecified atom stereocenters. The van der Waals surface area contributed by atoms with Crippen molar-refractivity contribution in [3.8, 4) is 0 Å². The molecule has 1 heterocycles. The summed E-state index contributed by atoms with van der Waals surface area (Å²) in [5, 5.41) is 9.01. The van der Waals surface area contributed by atoms with Gasteiger partial charge in [0.1, 0.15) is 0 Å². The van der Waals surface area contributed by atoms with Gasteiger partial charge in [0, 0.05) is 18.8 Å². The Kier molecular flexibility index (Phi) is 2.60. The van der Waals surface area contributed by atoms with Gasteiger partial charge < -0.3 is 10.0 Å². The number of aliphatic hydroxyl groups is 1. The van der Waals surface area contributed by atoms with Crippen LogP contribution in [0.5, 0.6) is 0 Å². The van der Waals surface area contributed by atoms with Crippen molar-refractivity contribution < 1.29 is 5.11 Å². The van der Waals surface area contributed by atoms with E-state index in [-0.39, 0.29) is 6.61 Å². The van der Waals surface area contributed by atoms with Crippen molar-refractivity contribution in [2.75, 3.05) is 18.0 Å². The second kappa shape index (κ2) is 4.10. The molecule has 0 bridgehead atoms. The van der Waals surface area contributed by atoms with E-state index in [1.54, 1.807) is 0 Å². The third-order valence-electron chi connectivity index (χ3n) is 4.21. The topological polar surface area (TPSA) is 23.5 Å². The van der Waals surface area contributed by atoms with Gasteiger partial charge in [-0.2, -0.15) is 0 Å². The van der Waals surface area contributed by atoms with Crippen LogP contribution in [0.15, 0.2) is 24.3 Å². The van der Waals surface area contributed by atoms with Crippen molar-refractivity contribution in [2.24, 2.45) is 11.8 Å². The minimum absolute atomic E-state index is 0.144. The predicted molar refractivity (Wildman–Crippen MR) is 65.4 cm³/mol. The molecule has 2 atom stereocenters. The summed E-state index contributed by atoms with van der Waals surface area (Å²) in [4.78, 5) is 2.51. The van der Waals surface area contributed by atoms with E-state index >= 15 is 0 Å². The molecule has 2 heteroatoms. The average molecular weight is 217 g/mol. The standard InChI is InChI=1S/C14H19NO/c16-10-11-4-6-14(7-5-11)15-8-12-2-1-3-13(12)9-15/h4-7,12-13,16H,1-3,8-10H2. The Hall–Kier alpha value is -1.02. The Bertz CT molecular complexity index is 348. The third kappa shape index (κ3) is 1.71. The molecular formula is C14H19NO. The summed E-state index contributed by atoms with van der Waals surface area (Å²) in [5.41, 5.74) is 2.33. The van der Waals surface area contributed by atoms with Crippen LogP contribution in [0, 0.1) is 11.8 Å². The molecule has 1 aromatic carbocycles. The molecule has 2 nitrogen and oxygen atoms in total. The van der Waals surface area contributed by atoms with Gasteiger partial charge in [-0.3, -0.25) is 0 Å². The van der Waals surface area contributed by atoms with Gasteiger partial charge in [-0.05, 0) is 42.4 Å². The maximum atomic E-state index is 9.01. The van der Waals surface area contributed by atoms with Gasteiger partial charge in [-0.1, -0.05) is 18.6 Å². The first-order chi connectivity index (χ1) is 7.86. The van der Waals surface area contributed by atoms with Crippen LogP contribution in [0.4, 0.5) is 5.69 Å². The molecule has 0 radical (unpaired) electrons. The number of rotatable bonds is 2. The second-order valence-corrected chi connectivity index (χ2v) is 5.18. The lowest BCUT2D eigenvalue weighted by Gasteiger charge is -2.19. The highest BCUT2D eigenvalue weighted by Gasteiger charge is 2.35. The van der Waals surface area contributed by atoms with Gasteiger partial charge in [-0.25, -0.2) is 0 Å². The summed E-state index contributed by atoms with van der Waals surface area (Å²) in [6.45, 7) is 2.62. The molecule has 1 N–H and O–H groups in total. The van der Waals surface area contributed by atoms with E-state index in [1.165, 1.54) is 38.0 Å². The van der Waals surface area contributed by atoms with Gasteiger partial charge in [0.05, 0.1) is 6.61 Å². The highest BCUT2D eigenvalue weighted by molar-refractivity contribution is 5.48. The number of fused-ring (bicyclic) bond motifs is 1. The molecule has 86 valence electrons. The fourth-order valence-electron chi connectivity index (χ4n) is 3.26. The number of aliphatic hydroxyl groups excluding tert-OH is 1. The molecule has 3 rings (SSSR count). The molecular weight excluding hydrogens is 198 g/mol. The summed E-state index contributed by atoms with van der Waals surface area (Å²) in [5.74, 6) is 1.88. The van der Waals surface area contributed by atoms with Crippen LogP contribution in [0.25, 0.3) is 0 Å². The molecule has 0 aromatic heterocycles. The second-order valence-electron chi connectivity index (χ2n) is 5.18. The monoisotopic (exact) mass is 217 g/mol. The van der Waals surface area contributed by atoms with Crippen molar-refractivity contribution in [1.29, 1.82) is 0 Å². The average Bonchev–Trinajstić information content (AvgIpc) is 2.89. The van der Waals surface area contributed by atoms with Crippen LogP contribution >= 0.6 is 0 Å². The van der Waals surface area contributed by atoms with Crippen molar-refractivity contribution in [2.45, 2.75) is 25.9 Å². The largest absolute Gasteiger partial charge is 0.392 e. The predicted octanol–water partition coefficient (Wildman–Crippen LogP) is 2.42. The van der Waals surface area contributed by atoms with Crippen LogP contribution in [-0.4, -0.2) is 18.2 Å². The van der Waals surface area contributed by atoms with E-state index in [0.717, 1.165) is 17.4 Å². The van der Waals surface area contributed by atoms with Gasteiger partial charge in [-0.15, -0.1) is 0 Å². The summed E-state index contributed by atoms with van der Waals surface area (Å²) in [6, 6.07) is 8.35. The molecule has 1 aliphatic carbocycles. The van der Waals surface area contributed by atoms with Crippen LogP contribution in [0.1, 0.15) is 24.8 Å². The first-order valence-corrected chi connectivity index (χ1v) is 6.31. The van der Waals surface area contributed by atoms with Crippen LogP contribution in [0.2, 0.25) is 0 Å². The lowest BCUT2D eigenvalue weighted by atomic mass is 10.0. The van der Waals surface area contributed by atoms with Gasteiger partial charge in [0.2, 0.25) is 0 Å². The Morgan fingerprint density at radius 1 is 1.06 bits per heavy atom. The molecule has 1 aromatic rings. The van der Waals surface area contributed by atoms with E-state index in [1.807, 2.05) is 12.1 Å². The summed E-state index contributed by atoms with van der Waals surface area (Å²) in [6.07, 6.45) is 4.29. The fraction of sp³-hybridized carbons (Fsp3) is 0.571. The molecule has 0 spiro atoms. The van der Waals surface area contributed by atoms with Gasteiger partial charge in [0.15, 0.2) is 0 Å².